The van der Waals surface area contributed by atoms with E-state index in [4.69, 9.17) is 9.47 Å². The number of hydrogen-bond acceptors (Lipinski definition) is 4. The van der Waals surface area contributed by atoms with Crippen LogP contribution in [0.2, 0.25) is 0 Å². The largest absolute Gasteiger partial charge is 0.497 e. The van der Waals surface area contributed by atoms with E-state index < -0.39 is 0 Å². The molecule has 0 N–H and O–H groups in total. The van der Waals surface area contributed by atoms with Crippen molar-refractivity contribution in [2.75, 3.05) is 19.1 Å². The summed E-state index contributed by atoms with van der Waals surface area (Å²) in [6, 6.07) is 5.11. The van der Waals surface area contributed by atoms with Gasteiger partial charge in [0.15, 0.2) is 0 Å². The van der Waals surface area contributed by atoms with E-state index in [1.807, 2.05) is 12.2 Å². The van der Waals surface area contributed by atoms with Crippen LogP contribution in [0.3, 0.4) is 0 Å². The van der Waals surface area contributed by atoms with Crippen LogP contribution in [0.15, 0.2) is 30.4 Å². The van der Waals surface area contributed by atoms with Crippen LogP contribution in [0.1, 0.15) is 12.8 Å². The maximum Gasteiger partial charge on any atom is 0.238 e. The van der Waals surface area contributed by atoms with Crippen molar-refractivity contribution >= 4 is 17.5 Å². The molecule has 2 atom stereocenters. The van der Waals surface area contributed by atoms with Crippen LogP contribution in [-0.4, -0.2) is 26.0 Å². The van der Waals surface area contributed by atoms with Gasteiger partial charge in [0.1, 0.15) is 11.5 Å². The monoisotopic (exact) mass is 287 g/mol. The Morgan fingerprint density at radius 2 is 1.62 bits per heavy atom. The number of nitrogens with zero attached hydrogens (tertiary/aromatic N) is 1. The zero-order valence-corrected chi connectivity index (χ0v) is 12.0. The molecule has 0 aromatic heterocycles. The molecule has 110 valence electrons. The number of benzene rings is 1. The number of rotatable bonds is 3. The van der Waals surface area contributed by atoms with E-state index in [1.165, 1.54) is 12.0 Å². The minimum absolute atomic E-state index is 0.152. The average molecular weight is 287 g/mol. The van der Waals surface area contributed by atoms with Crippen LogP contribution in [-0.2, 0) is 9.59 Å². The third-order valence-electron chi connectivity index (χ3n) is 4.13. The van der Waals surface area contributed by atoms with E-state index in [-0.39, 0.29) is 23.7 Å². The Labute approximate surface area is 123 Å². The molecule has 1 fully saturated rings. The van der Waals surface area contributed by atoms with Gasteiger partial charge >= 0.3 is 0 Å². The second-order valence-electron chi connectivity index (χ2n) is 5.21. The van der Waals surface area contributed by atoms with Crippen molar-refractivity contribution in [1.82, 2.24) is 0 Å². The van der Waals surface area contributed by atoms with Crippen molar-refractivity contribution in [3.05, 3.63) is 30.4 Å². The molecule has 5 heteroatoms. The van der Waals surface area contributed by atoms with E-state index in [2.05, 4.69) is 0 Å². The average Bonchev–Trinajstić information content (AvgIpc) is 2.78. The first-order valence-electron chi connectivity index (χ1n) is 6.92. The number of anilines is 1. The second kappa shape index (κ2) is 5.24. The topological polar surface area (TPSA) is 55.8 Å². The molecule has 1 aliphatic carbocycles. The lowest BCUT2D eigenvalue weighted by Gasteiger charge is -2.18. The number of methoxy groups -OCH3 is 2. The van der Waals surface area contributed by atoms with Gasteiger partial charge in [0, 0.05) is 6.07 Å². The van der Waals surface area contributed by atoms with Crippen molar-refractivity contribution in [1.29, 1.82) is 0 Å². The van der Waals surface area contributed by atoms with E-state index in [1.54, 1.807) is 25.3 Å². The highest BCUT2D eigenvalue weighted by Gasteiger charge is 2.48. The third-order valence-corrected chi connectivity index (χ3v) is 4.13. The number of imide groups is 1. The van der Waals surface area contributed by atoms with Crippen LogP contribution in [0.25, 0.3) is 0 Å². The van der Waals surface area contributed by atoms with Gasteiger partial charge in [-0.25, -0.2) is 4.90 Å². The zero-order valence-electron chi connectivity index (χ0n) is 12.0. The van der Waals surface area contributed by atoms with Gasteiger partial charge in [-0.3, -0.25) is 9.59 Å². The van der Waals surface area contributed by atoms with Crippen molar-refractivity contribution in [3.8, 4) is 11.5 Å². The molecule has 21 heavy (non-hydrogen) atoms. The van der Waals surface area contributed by atoms with Gasteiger partial charge in [-0.15, -0.1) is 0 Å². The first-order chi connectivity index (χ1) is 10.2. The van der Waals surface area contributed by atoms with Gasteiger partial charge in [0.05, 0.1) is 31.7 Å². The van der Waals surface area contributed by atoms with E-state index in [9.17, 15) is 9.59 Å². The summed E-state index contributed by atoms with van der Waals surface area (Å²) in [5.74, 6) is 0.266. The summed E-state index contributed by atoms with van der Waals surface area (Å²) >= 11 is 0. The summed E-state index contributed by atoms with van der Waals surface area (Å²) in [6.45, 7) is 0. The van der Waals surface area contributed by atoms with E-state index in [0.717, 1.165) is 0 Å². The molecular formula is C16H17NO4. The first-order valence-corrected chi connectivity index (χ1v) is 6.92. The maximum atomic E-state index is 12.6. The molecule has 0 saturated carbocycles. The smallest absolute Gasteiger partial charge is 0.238 e. The van der Waals surface area contributed by atoms with Gasteiger partial charge in [-0.2, -0.15) is 0 Å². The first kappa shape index (κ1) is 13.7. The van der Waals surface area contributed by atoms with Crippen LogP contribution < -0.4 is 14.4 Å². The molecule has 0 unspecified atom stereocenters. The Balaban J connectivity index is 2.04. The standard InChI is InChI=1S/C16H17NO4/c1-20-10-7-8-14(21-2)13(9-10)17-15(18)11-5-3-4-6-12(11)16(17)19/h3-4,7-9,11-12H,5-6H2,1-2H3/t11-,12+. The van der Waals surface area contributed by atoms with E-state index in [0.29, 0.717) is 30.0 Å². The van der Waals surface area contributed by atoms with Crippen LogP contribution in [0, 0.1) is 11.8 Å². The molecule has 2 amide bonds. The Morgan fingerprint density at radius 1 is 1.00 bits per heavy atom. The number of amides is 2. The molecular weight excluding hydrogens is 270 g/mol. The summed E-state index contributed by atoms with van der Waals surface area (Å²) < 4.78 is 10.5. The summed E-state index contributed by atoms with van der Waals surface area (Å²) in [4.78, 5) is 26.4. The van der Waals surface area contributed by atoms with E-state index >= 15 is 0 Å². The summed E-state index contributed by atoms with van der Waals surface area (Å²) in [5.41, 5.74) is 0.459. The van der Waals surface area contributed by atoms with Crippen molar-refractivity contribution in [2.24, 2.45) is 11.8 Å². The fourth-order valence-corrected chi connectivity index (χ4v) is 3.01. The highest BCUT2D eigenvalue weighted by molar-refractivity contribution is 6.23. The molecule has 3 rings (SSSR count). The highest BCUT2D eigenvalue weighted by atomic mass is 16.5. The SMILES string of the molecule is COc1ccc(OC)c(N2C(=O)[C@H]3CC=CC[C@H]3C2=O)c1. The van der Waals surface area contributed by atoms with Gasteiger partial charge < -0.3 is 9.47 Å². The number of carbonyl (C=O) groups excluding carboxylic acids is 2. The van der Waals surface area contributed by atoms with Gasteiger partial charge in [0.2, 0.25) is 11.8 Å². The number of carbonyl (C=O) groups is 2. The van der Waals surface area contributed by atoms with Crippen LogP contribution in [0.4, 0.5) is 5.69 Å². The molecule has 0 bridgehead atoms. The zero-order chi connectivity index (χ0) is 15.0. The predicted molar refractivity (Wildman–Crippen MR) is 77.4 cm³/mol. The summed E-state index contributed by atoms with van der Waals surface area (Å²) in [6.07, 6.45) is 5.19. The van der Waals surface area contributed by atoms with Crippen LogP contribution >= 0.6 is 0 Å². The Hall–Kier alpha value is -2.30. The molecule has 1 aromatic rings. The lowest BCUT2D eigenvalue weighted by Crippen LogP contribution is -2.31. The number of allylic oxidation sites excluding steroid dienone is 2. The normalized spacial score (nSPS) is 24.2. The molecule has 5 nitrogen and oxygen atoms in total. The van der Waals surface area contributed by atoms with Crippen molar-refractivity contribution in [3.63, 3.8) is 0 Å². The lowest BCUT2D eigenvalue weighted by molar-refractivity contribution is -0.122. The Bertz CT molecular complexity index is 597. The van der Waals surface area contributed by atoms with Crippen molar-refractivity contribution < 1.29 is 19.1 Å². The van der Waals surface area contributed by atoms with Crippen molar-refractivity contribution in [2.45, 2.75) is 12.8 Å². The minimum atomic E-state index is -0.251. The molecule has 2 aliphatic rings. The Kier molecular flexibility index (Phi) is 3.41. The molecule has 1 aliphatic heterocycles. The predicted octanol–water partition coefficient (Wildman–Crippen LogP) is 2.16. The molecule has 0 radical (unpaired) electrons. The number of hydrogen-bond donors (Lipinski definition) is 0. The fourth-order valence-electron chi connectivity index (χ4n) is 3.01. The molecule has 1 aromatic carbocycles. The maximum absolute atomic E-state index is 12.6. The summed E-state index contributed by atoms with van der Waals surface area (Å²) in [5, 5.41) is 0. The van der Waals surface area contributed by atoms with Gasteiger partial charge in [-0.05, 0) is 25.0 Å². The second-order valence-corrected chi connectivity index (χ2v) is 5.21. The van der Waals surface area contributed by atoms with Gasteiger partial charge in [-0.1, -0.05) is 12.2 Å². The van der Waals surface area contributed by atoms with Gasteiger partial charge in [0.25, 0.3) is 0 Å². The summed E-state index contributed by atoms with van der Waals surface area (Å²) in [7, 11) is 3.06. The van der Waals surface area contributed by atoms with Crippen LogP contribution in [0.5, 0.6) is 11.5 Å². The molecule has 1 heterocycles. The minimum Gasteiger partial charge on any atom is -0.497 e. The number of fused-ring (bicyclic) bond motifs is 1. The molecule has 0 spiro atoms. The number of ether oxygens (including phenoxy) is 2. The molecule has 1 saturated heterocycles. The lowest BCUT2D eigenvalue weighted by atomic mass is 9.85. The fraction of sp³-hybridized carbons (Fsp3) is 0.375. The Morgan fingerprint density at radius 3 is 2.14 bits per heavy atom. The highest BCUT2D eigenvalue weighted by Crippen LogP contribution is 2.41. The third kappa shape index (κ3) is 2.09. The quantitative estimate of drug-likeness (QED) is 0.631.